The number of likely N-dealkylation sites (N-methyl/N-ethyl adjacent to an activating group) is 1. The molecule has 0 spiro atoms. The third-order valence-corrected chi connectivity index (χ3v) is 7.91. The lowest BCUT2D eigenvalue weighted by Crippen LogP contribution is -2.49. The fourth-order valence-corrected chi connectivity index (χ4v) is 5.91. The van der Waals surface area contributed by atoms with Crippen molar-refractivity contribution in [2.75, 3.05) is 20.1 Å². The number of hydrogen-bond acceptors (Lipinski definition) is 3. The Morgan fingerprint density at radius 2 is 1.53 bits per heavy atom. The predicted molar refractivity (Wildman–Crippen MR) is 138 cm³/mol. The molecule has 2 fully saturated rings. The standard InChI is InChI=1S/C29H35F2N3O4/c1-17(2)14-25(33(3)29(37)38)28(36)34-15-20-8-13-24(23(20)16-34)32-27(35)26(18-4-9-21(30)10-5-18)19-6-11-22(31)12-7-19/h4-7,9-12,17,20,23-26H,8,13-16H2,1-3H3,(H,32,35)(H,37,38). The van der Waals surface area contributed by atoms with Gasteiger partial charge in [-0.25, -0.2) is 13.6 Å². The summed E-state index contributed by atoms with van der Waals surface area (Å²) in [5.74, 6) is -1.60. The average Bonchev–Trinajstić information content (AvgIpc) is 3.46. The number of carbonyl (C=O) groups excluding carboxylic acids is 2. The van der Waals surface area contributed by atoms with Crippen LogP contribution in [0, 0.1) is 29.4 Å². The van der Waals surface area contributed by atoms with Crippen molar-refractivity contribution >= 4 is 17.9 Å². The van der Waals surface area contributed by atoms with Crippen LogP contribution in [0.15, 0.2) is 48.5 Å². The molecule has 38 heavy (non-hydrogen) atoms. The monoisotopic (exact) mass is 527 g/mol. The molecule has 0 aromatic heterocycles. The fourth-order valence-electron chi connectivity index (χ4n) is 5.91. The number of hydrogen-bond donors (Lipinski definition) is 2. The number of carbonyl (C=O) groups is 3. The summed E-state index contributed by atoms with van der Waals surface area (Å²) in [5, 5.41) is 12.7. The minimum Gasteiger partial charge on any atom is -0.465 e. The van der Waals surface area contributed by atoms with Crippen molar-refractivity contribution in [3.05, 3.63) is 71.3 Å². The van der Waals surface area contributed by atoms with Crippen molar-refractivity contribution in [1.29, 1.82) is 0 Å². The third-order valence-electron chi connectivity index (χ3n) is 7.91. The van der Waals surface area contributed by atoms with Crippen LogP contribution >= 0.6 is 0 Å². The maximum atomic E-state index is 13.6. The molecule has 2 N–H and O–H groups in total. The summed E-state index contributed by atoms with van der Waals surface area (Å²) in [5.41, 5.74) is 1.20. The van der Waals surface area contributed by atoms with E-state index in [2.05, 4.69) is 5.32 Å². The first-order valence-electron chi connectivity index (χ1n) is 13.1. The third kappa shape index (κ3) is 5.97. The minimum atomic E-state index is -1.14. The van der Waals surface area contributed by atoms with Gasteiger partial charge in [-0.15, -0.1) is 0 Å². The topological polar surface area (TPSA) is 90.0 Å². The summed E-state index contributed by atoms with van der Waals surface area (Å²) >= 11 is 0. The van der Waals surface area contributed by atoms with Gasteiger partial charge < -0.3 is 15.3 Å². The van der Waals surface area contributed by atoms with Crippen LogP contribution < -0.4 is 5.32 Å². The zero-order chi connectivity index (χ0) is 27.6. The highest BCUT2D eigenvalue weighted by molar-refractivity contribution is 5.88. The number of nitrogens with zero attached hydrogens (tertiary/aromatic N) is 2. The second-order valence-electron chi connectivity index (χ2n) is 10.9. The molecular weight excluding hydrogens is 492 g/mol. The molecule has 9 heteroatoms. The summed E-state index contributed by atoms with van der Waals surface area (Å²) in [6.07, 6.45) is 0.916. The number of amides is 3. The number of likely N-dealkylation sites (tertiary alicyclic amines) is 1. The molecule has 0 bridgehead atoms. The van der Waals surface area contributed by atoms with E-state index in [1.54, 1.807) is 29.2 Å². The zero-order valence-corrected chi connectivity index (χ0v) is 21.9. The van der Waals surface area contributed by atoms with Gasteiger partial charge in [0.1, 0.15) is 17.7 Å². The molecule has 2 aromatic carbocycles. The Bertz CT molecular complexity index is 1110. The molecule has 4 unspecified atom stereocenters. The highest BCUT2D eigenvalue weighted by Crippen LogP contribution is 2.39. The molecule has 1 saturated carbocycles. The van der Waals surface area contributed by atoms with Crippen molar-refractivity contribution in [2.45, 2.75) is 51.1 Å². The van der Waals surface area contributed by atoms with Crippen LogP contribution in [-0.4, -0.2) is 65.0 Å². The van der Waals surface area contributed by atoms with Crippen LogP contribution in [0.5, 0.6) is 0 Å². The van der Waals surface area contributed by atoms with Crippen molar-refractivity contribution in [3.63, 3.8) is 0 Å². The Morgan fingerprint density at radius 1 is 0.974 bits per heavy atom. The second-order valence-corrected chi connectivity index (χ2v) is 10.9. The van der Waals surface area contributed by atoms with Crippen molar-refractivity contribution in [2.24, 2.45) is 17.8 Å². The van der Waals surface area contributed by atoms with Crippen LogP contribution in [0.2, 0.25) is 0 Å². The minimum absolute atomic E-state index is 0.0554. The number of benzene rings is 2. The molecule has 1 aliphatic carbocycles. The quantitative estimate of drug-likeness (QED) is 0.530. The largest absolute Gasteiger partial charge is 0.465 e. The van der Waals surface area contributed by atoms with Crippen molar-refractivity contribution < 1.29 is 28.3 Å². The van der Waals surface area contributed by atoms with E-state index in [4.69, 9.17) is 0 Å². The van der Waals surface area contributed by atoms with Gasteiger partial charge in [-0.1, -0.05) is 38.1 Å². The fraction of sp³-hybridized carbons (Fsp3) is 0.483. The molecule has 4 atom stereocenters. The average molecular weight is 528 g/mol. The van der Waals surface area contributed by atoms with Gasteiger partial charge in [0.25, 0.3) is 0 Å². The summed E-state index contributed by atoms with van der Waals surface area (Å²) in [4.78, 5) is 41.5. The van der Waals surface area contributed by atoms with Crippen molar-refractivity contribution in [1.82, 2.24) is 15.1 Å². The van der Waals surface area contributed by atoms with Crippen LogP contribution in [0.1, 0.15) is 50.2 Å². The molecule has 3 amide bonds. The highest BCUT2D eigenvalue weighted by Gasteiger charge is 2.46. The number of rotatable bonds is 8. The maximum absolute atomic E-state index is 13.6. The zero-order valence-electron chi connectivity index (χ0n) is 21.9. The van der Waals surface area contributed by atoms with E-state index in [1.807, 2.05) is 13.8 Å². The number of nitrogens with one attached hydrogen (secondary N) is 1. The first-order valence-corrected chi connectivity index (χ1v) is 13.1. The van der Waals surface area contributed by atoms with Gasteiger partial charge in [0.05, 0.1) is 5.92 Å². The van der Waals surface area contributed by atoms with E-state index < -0.39 is 29.7 Å². The van der Waals surface area contributed by atoms with Crippen LogP contribution in [0.25, 0.3) is 0 Å². The van der Waals surface area contributed by atoms with E-state index >= 15 is 0 Å². The first kappa shape index (κ1) is 27.5. The summed E-state index contributed by atoms with van der Waals surface area (Å²) < 4.78 is 27.2. The van der Waals surface area contributed by atoms with Crippen molar-refractivity contribution in [3.8, 4) is 0 Å². The Balaban J connectivity index is 1.49. The molecule has 1 heterocycles. The lowest BCUT2D eigenvalue weighted by atomic mass is 9.89. The van der Waals surface area contributed by atoms with E-state index in [-0.39, 0.29) is 35.6 Å². The van der Waals surface area contributed by atoms with Gasteiger partial charge in [0.2, 0.25) is 11.8 Å². The SMILES string of the molecule is CC(C)CC(C(=O)N1CC2CCC(NC(=O)C(c3ccc(F)cc3)c3ccc(F)cc3)C2C1)N(C)C(=O)O. The molecule has 2 aliphatic rings. The van der Waals surface area contributed by atoms with E-state index in [0.29, 0.717) is 30.6 Å². The van der Waals surface area contributed by atoms with Gasteiger partial charge >= 0.3 is 6.09 Å². The second kappa shape index (κ2) is 11.5. The van der Waals surface area contributed by atoms with Crippen LogP contribution in [0.3, 0.4) is 0 Å². The Morgan fingerprint density at radius 3 is 2.03 bits per heavy atom. The molecule has 1 aliphatic heterocycles. The molecule has 2 aromatic rings. The first-order chi connectivity index (χ1) is 18.0. The normalized spacial score (nSPS) is 21.4. The molecular formula is C29H35F2N3O4. The molecule has 4 rings (SSSR count). The van der Waals surface area contributed by atoms with Gasteiger partial charge in [0.15, 0.2) is 0 Å². The summed E-state index contributed by atoms with van der Waals surface area (Å²) in [6, 6.07) is 10.5. The smallest absolute Gasteiger partial charge is 0.407 e. The van der Waals surface area contributed by atoms with E-state index in [9.17, 15) is 28.3 Å². The van der Waals surface area contributed by atoms with Gasteiger partial charge in [-0.05, 0) is 66.5 Å². The molecule has 204 valence electrons. The molecule has 1 saturated heterocycles. The van der Waals surface area contributed by atoms with Gasteiger partial charge in [-0.2, -0.15) is 0 Å². The maximum Gasteiger partial charge on any atom is 0.407 e. The highest BCUT2D eigenvalue weighted by atomic mass is 19.1. The molecule has 7 nitrogen and oxygen atoms in total. The lowest BCUT2D eigenvalue weighted by Gasteiger charge is -2.31. The predicted octanol–water partition coefficient (Wildman–Crippen LogP) is 4.47. The van der Waals surface area contributed by atoms with Gasteiger partial charge in [0, 0.05) is 32.1 Å². The van der Waals surface area contributed by atoms with E-state index in [1.165, 1.54) is 31.3 Å². The summed E-state index contributed by atoms with van der Waals surface area (Å²) in [6.45, 7) is 4.91. The van der Waals surface area contributed by atoms with E-state index in [0.717, 1.165) is 17.7 Å². The Labute approximate surface area is 221 Å². The summed E-state index contributed by atoms with van der Waals surface area (Å²) in [7, 11) is 1.43. The van der Waals surface area contributed by atoms with Crippen LogP contribution in [-0.2, 0) is 9.59 Å². The number of carboxylic acid groups (broad SMARTS) is 1. The van der Waals surface area contributed by atoms with Gasteiger partial charge in [-0.3, -0.25) is 14.5 Å². The molecule has 0 radical (unpaired) electrons. The number of halogens is 2. The number of fused-ring (bicyclic) bond motifs is 1. The Kier molecular flexibility index (Phi) is 8.33. The lowest BCUT2D eigenvalue weighted by molar-refractivity contribution is -0.135. The Hall–Kier alpha value is -3.49. The van der Waals surface area contributed by atoms with Crippen LogP contribution in [0.4, 0.5) is 13.6 Å².